The highest BCUT2D eigenvalue weighted by Gasteiger charge is 2.35. The predicted octanol–water partition coefficient (Wildman–Crippen LogP) is 3.21. The van der Waals surface area contributed by atoms with Crippen LogP contribution < -0.4 is 5.56 Å². The molecule has 1 N–H and O–H groups in total. The smallest absolute Gasteiger partial charge is 0.416 e. The van der Waals surface area contributed by atoms with E-state index in [1.165, 1.54) is 15.5 Å². The lowest BCUT2D eigenvalue weighted by atomic mass is 9.95. The molecule has 0 fully saturated rings. The van der Waals surface area contributed by atoms with Crippen LogP contribution in [-0.4, -0.2) is 39.7 Å². The summed E-state index contributed by atoms with van der Waals surface area (Å²) in [5.41, 5.74) is -1.52. The second kappa shape index (κ2) is 9.05. The predicted molar refractivity (Wildman–Crippen MR) is 109 cm³/mol. The molecule has 2 heterocycles. The Kier molecular flexibility index (Phi) is 6.61. The molecule has 0 radical (unpaired) electrons. The maximum absolute atomic E-state index is 13.1. The van der Waals surface area contributed by atoms with Crippen molar-refractivity contribution in [3.8, 4) is 5.75 Å². The summed E-state index contributed by atoms with van der Waals surface area (Å²) >= 11 is 0. The number of aromatic hydroxyl groups is 1. The number of ether oxygens (including phenoxy) is 1. The van der Waals surface area contributed by atoms with Crippen molar-refractivity contribution in [2.45, 2.75) is 45.1 Å². The normalized spacial score (nSPS) is 17.7. The molecule has 10 heteroatoms. The Hall–Kier alpha value is -3.30. The van der Waals surface area contributed by atoms with E-state index in [0.29, 0.717) is 12.1 Å². The number of allylic oxidation sites excluding steroid dienone is 5. The number of rotatable bonds is 6. The lowest BCUT2D eigenvalue weighted by Crippen LogP contribution is -2.32. The fourth-order valence-corrected chi connectivity index (χ4v) is 3.87. The standard InChI is InChI=1S/C22H23F3N2O5/c1-3-4-5-17(28)26-11-15-16(12-26)27(20(30)18(19(15)29)21(31)32-2)10-13-6-8-14(9-7-13)22(23,24)25/h3,6,8-9,13,29H,1,4-5,7,10-12H2,2H3. The van der Waals surface area contributed by atoms with Gasteiger partial charge in [-0.1, -0.05) is 24.3 Å². The molecule has 0 aromatic carbocycles. The van der Waals surface area contributed by atoms with Crippen LogP contribution in [0.1, 0.15) is 40.9 Å². The molecule has 0 saturated carbocycles. The quantitative estimate of drug-likeness (QED) is 0.529. The van der Waals surface area contributed by atoms with Gasteiger partial charge in [0.25, 0.3) is 5.56 Å². The van der Waals surface area contributed by atoms with Gasteiger partial charge in [-0.15, -0.1) is 6.58 Å². The van der Waals surface area contributed by atoms with Gasteiger partial charge in [-0.25, -0.2) is 4.79 Å². The molecule has 2 aliphatic rings. The van der Waals surface area contributed by atoms with Crippen molar-refractivity contribution in [2.75, 3.05) is 7.11 Å². The van der Waals surface area contributed by atoms with Crippen molar-refractivity contribution in [3.63, 3.8) is 0 Å². The molecule has 1 amide bonds. The third kappa shape index (κ3) is 4.49. The van der Waals surface area contributed by atoms with E-state index in [2.05, 4.69) is 11.3 Å². The number of halogens is 3. The van der Waals surface area contributed by atoms with Crippen LogP contribution in [0.2, 0.25) is 0 Å². The highest BCUT2D eigenvalue weighted by molar-refractivity contribution is 5.92. The van der Waals surface area contributed by atoms with E-state index in [0.717, 1.165) is 19.3 Å². The van der Waals surface area contributed by atoms with Gasteiger partial charge in [0.15, 0.2) is 5.56 Å². The van der Waals surface area contributed by atoms with E-state index < -0.39 is 40.5 Å². The topological polar surface area (TPSA) is 88.8 Å². The first-order valence-electron chi connectivity index (χ1n) is 9.98. The number of nitrogens with zero attached hydrogens (tertiary/aromatic N) is 2. The monoisotopic (exact) mass is 452 g/mol. The van der Waals surface area contributed by atoms with Crippen LogP contribution in [0.3, 0.4) is 0 Å². The van der Waals surface area contributed by atoms with E-state index in [1.807, 2.05) is 0 Å². The summed E-state index contributed by atoms with van der Waals surface area (Å²) in [5, 5.41) is 10.6. The number of hydrogen-bond donors (Lipinski definition) is 1. The van der Waals surface area contributed by atoms with Crippen LogP contribution >= 0.6 is 0 Å². The number of esters is 1. The summed E-state index contributed by atoms with van der Waals surface area (Å²) in [6.07, 6.45) is 1.23. The molecule has 1 atom stereocenters. The van der Waals surface area contributed by atoms with Crippen molar-refractivity contribution >= 4 is 11.9 Å². The molecule has 1 aliphatic carbocycles. The maximum atomic E-state index is 13.1. The van der Waals surface area contributed by atoms with Gasteiger partial charge in [-0.2, -0.15) is 13.2 Å². The molecule has 0 spiro atoms. The third-order valence-corrected chi connectivity index (χ3v) is 5.58. The highest BCUT2D eigenvalue weighted by atomic mass is 19.4. The van der Waals surface area contributed by atoms with Gasteiger partial charge in [0.05, 0.1) is 25.8 Å². The Labute approximate surface area is 182 Å². The number of pyridine rings is 1. The van der Waals surface area contributed by atoms with Crippen LogP contribution in [0.25, 0.3) is 0 Å². The minimum Gasteiger partial charge on any atom is -0.506 e. The zero-order valence-electron chi connectivity index (χ0n) is 17.4. The SMILES string of the molecule is C=CCCC(=O)N1Cc2c(O)c(C(=O)OC)c(=O)n(CC3C=CC(C(F)(F)F)=CC3)c2C1. The van der Waals surface area contributed by atoms with Crippen molar-refractivity contribution in [1.82, 2.24) is 9.47 Å². The lowest BCUT2D eigenvalue weighted by Gasteiger charge is -2.21. The molecule has 1 aromatic rings. The van der Waals surface area contributed by atoms with Crippen LogP contribution in [0.15, 0.2) is 41.3 Å². The molecule has 1 aliphatic heterocycles. The van der Waals surface area contributed by atoms with E-state index in [9.17, 15) is 32.7 Å². The minimum absolute atomic E-state index is 0.0000474. The van der Waals surface area contributed by atoms with Crippen LogP contribution in [0.5, 0.6) is 5.75 Å². The molecular weight excluding hydrogens is 429 g/mol. The molecular formula is C22H23F3N2O5. The molecule has 0 bridgehead atoms. The zero-order chi connectivity index (χ0) is 23.6. The maximum Gasteiger partial charge on any atom is 0.416 e. The van der Waals surface area contributed by atoms with Gasteiger partial charge in [0.1, 0.15) is 5.75 Å². The molecule has 1 aromatic heterocycles. The number of methoxy groups -OCH3 is 1. The summed E-state index contributed by atoms with van der Waals surface area (Å²) in [6, 6.07) is 0. The number of carbonyl (C=O) groups excluding carboxylic acids is 2. The van der Waals surface area contributed by atoms with Crippen molar-refractivity contribution in [2.24, 2.45) is 5.92 Å². The Morgan fingerprint density at radius 3 is 2.62 bits per heavy atom. The Morgan fingerprint density at radius 1 is 1.34 bits per heavy atom. The summed E-state index contributed by atoms with van der Waals surface area (Å²) in [4.78, 5) is 39.2. The van der Waals surface area contributed by atoms with E-state index in [1.54, 1.807) is 6.08 Å². The van der Waals surface area contributed by atoms with Crippen molar-refractivity contribution < 1.29 is 32.6 Å². The van der Waals surface area contributed by atoms with E-state index in [-0.39, 0.29) is 43.9 Å². The Morgan fingerprint density at radius 2 is 2.06 bits per heavy atom. The highest BCUT2D eigenvalue weighted by Crippen LogP contribution is 2.34. The van der Waals surface area contributed by atoms with E-state index >= 15 is 0 Å². The van der Waals surface area contributed by atoms with Gasteiger partial charge >= 0.3 is 12.1 Å². The van der Waals surface area contributed by atoms with Crippen LogP contribution in [-0.2, 0) is 29.2 Å². The van der Waals surface area contributed by atoms with Crippen molar-refractivity contribution in [3.05, 3.63) is 63.6 Å². The second-order valence-corrected chi connectivity index (χ2v) is 7.65. The summed E-state index contributed by atoms with van der Waals surface area (Å²) in [6.45, 7) is 3.60. The number of hydrogen-bond acceptors (Lipinski definition) is 5. The molecule has 32 heavy (non-hydrogen) atoms. The molecule has 0 saturated heterocycles. The fourth-order valence-electron chi connectivity index (χ4n) is 3.87. The minimum atomic E-state index is -4.46. The number of carbonyl (C=O) groups is 2. The van der Waals surface area contributed by atoms with Crippen LogP contribution in [0, 0.1) is 5.92 Å². The van der Waals surface area contributed by atoms with Gasteiger partial charge < -0.3 is 19.3 Å². The number of amides is 1. The third-order valence-electron chi connectivity index (χ3n) is 5.58. The fraction of sp³-hybridized carbons (Fsp3) is 0.409. The molecule has 3 rings (SSSR count). The van der Waals surface area contributed by atoms with Gasteiger partial charge in [0.2, 0.25) is 5.91 Å². The number of aromatic nitrogens is 1. The average Bonchev–Trinajstić information content (AvgIpc) is 3.20. The Bertz CT molecular complexity index is 1070. The van der Waals surface area contributed by atoms with Crippen molar-refractivity contribution in [1.29, 1.82) is 0 Å². The van der Waals surface area contributed by atoms with Gasteiger partial charge in [-0.05, 0) is 18.8 Å². The number of fused-ring (bicyclic) bond motifs is 1. The Balaban J connectivity index is 1.98. The average molecular weight is 452 g/mol. The first kappa shape index (κ1) is 23.4. The number of alkyl halides is 3. The zero-order valence-corrected chi connectivity index (χ0v) is 17.4. The molecule has 7 nitrogen and oxygen atoms in total. The summed E-state index contributed by atoms with van der Waals surface area (Å²) in [5.74, 6) is -2.22. The molecule has 1 unspecified atom stereocenters. The molecule has 172 valence electrons. The first-order chi connectivity index (χ1) is 15.1. The van der Waals surface area contributed by atoms with Gasteiger partial charge in [0, 0.05) is 24.2 Å². The summed E-state index contributed by atoms with van der Waals surface area (Å²) in [7, 11) is 1.07. The largest absolute Gasteiger partial charge is 0.506 e. The summed E-state index contributed by atoms with van der Waals surface area (Å²) < 4.78 is 44.5. The lowest BCUT2D eigenvalue weighted by molar-refractivity contribution is -0.131. The first-order valence-corrected chi connectivity index (χ1v) is 9.98. The van der Waals surface area contributed by atoms with Crippen LogP contribution in [0.4, 0.5) is 13.2 Å². The van der Waals surface area contributed by atoms with Gasteiger partial charge in [-0.3, -0.25) is 9.59 Å². The second-order valence-electron chi connectivity index (χ2n) is 7.65. The van der Waals surface area contributed by atoms with E-state index in [4.69, 9.17) is 0 Å².